The van der Waals surface area contributed by atoms with Gasteiger partial charge in [0, 0.05) is 6.54 Å². The van der Waals surface area contributed by atoms with E-state index in [0.29, 0.717) is 0 Å². The minimum atomic E-state index is -0.425. The van der Waals surface area contributed by atoms with Crippen LogP contribution in [-0.4, -0.2) is 24.7 Å². The predicted molar refractivity (Wildman–Crippen MR) is 41.8 cm³/mol. The van der Waals surface area contributed by atoms with Crippen LogP contribution in [0.1, 0.15) is 19.8 Å². The number of hydrogen-bond donors (Lipinski definition) is 2. The fourth-order valence-corrected chi connectivity index (χ4v) is 1.04. The molecule has 0 saturated carbocycles. The molecule has 1 aliphatic heterocycles. The Kier molecular flexibility index (Phi) is 2.84. The quantitative estimate of drug-likeness (QED) is 0.548. The molecule has 1 fully saturated rings. The summed E-state index contributed by atoms with van der Waals surface area (Å²) in [4.78, 5) is 11.0. The smallest absolute Gasteiger partial charge is 0.237 e. The van der Waals surface area contributed by atoms with Crippen molar-refractivity contribution in [3.8, 4) is 0 Å². The Morgan fingerprint density at radius 1 is 1.82 bits per heavy atom. The summed E-state index contributed by atoms with van der Waals surface area (Å²) in [7, 11) is 0. The molecule has 1 radical (unpaired) electrons. The normalized spacial score (nSPS) is 26.5. The van der Waals surface area contributed by atoms with E-state index in [0.717, 1.165) is 19.4 Å². The van der Waals surface area contributed by atoms with Crippen LogP contribution in [-0.2, 0) is 4.79 Å². The first-order chi connectivity index (χ1) is 5.20. The van der Waals surface area contributed by atoms with Crippen LogP contribution in [0.5, 0.6) is 0 Å². The van der Waals surface area contributed by atoms with Gasteiger partial charge in [0.05, 0.1) is 12.2 Å². The summed E-state index contributed by atoms with van der Waals surface area (Å²) in [6.07, 6.45) is 2.05. The lowest BCUT2D eigenvalue weighted by atomic mass is 10.3. The van der Waals surface area contributed by atoms with Gasteiger partial charge in [0.2, 0.25) is 5.91 Å². The first-order valence-corrected chi connectivity index (χ1v) is 3.92. The van der Waals surface area contributed by atoms with Crippen LogP contribution in [0.15, 0.2) is 0 Å². The van der Waals surface area contributed by atoms with Crippen molar-refractivity contribution in [1.29, 1.82) is 0 Å². The van der Waals surface area contributed by atoms with E-state index in [1.807, 2.05) is 0 Å². The summed E-state index contributed by atoms with van der Waals surface area (Å²) >= 11 is 0. The third-order valence-electron chi connectivity index (χ3n) is 1.71. The van der Waals surface area contributed by atoms with Gasteiger partial charge in [-0.25, -0.2) is 5.32 Å². The van der Waals surface area contributed by atoms with Crippen LogP contribution >= 0.6 is 0 Å². The molecule has 4 heteroatoms. The molecular weight excluding hydrogens is 142 g/mol. The lowest BCUT2D eigenvalue weighted by Gasteiger charge is -2.12. The molecule has 2 unspecified atom stereocenters. The first kappa shape index (κ1) is 8.49. The number of carbonyl (C=O) groups is 1. The highest BCUT2D eigenvalue weighted by Gasteiger charge is 2.18. The van der Waals surface area contributed by atoms with Crippen LogP contribution in [0.25, 0.3) is 0 Å². The molecule has 0 aromatic heterocycles. The van der Waals surface area contributed by atoms with Crippen molar-refractivity contribution >= 4 is 5.91 Å². The standard InChI is InChI=1S/C7H14N3O/c1-5(8)7(11)10-6-3-2-4-9-6/h5-6H,2-4,8H2,1H3,(H,10,11). The summed E-state index contributed by atoms with van der Waals surface area (Å²) in [5.74, 6) is -0.111. The van der Waals surface area contributed by atoms with Gasteiger partial charge in [0.1, 0.15) is 0 Å². The average Bonchev–Trinajstić information content (AvgIpc) is 2.39. The van der Waals surface area contributed by atoms with Crippen molar-refractivity contribution in [1.82, 2.24) is 10.6 Å². The summed E-state index contributed by atoms with van der Waals surface area (Å²) in [6, 6.07) is -0.425. The van der Waals surface area contributed by atoms with Gasteiger partial charge < -0.3 is 11.1 Å². The van der Waals surface area contributed by atoms with Crippen LogP contribution in [0.4, 0.5) is 0 Å². The Hall–Kier alpha value is -0.610. The molecule has 63 valence electrons. The molecule has 1 amide bonds. The minimum absolute atomic E-state index is 0.0218. The molecule has 11 heavy (non-hydrogen) atoms. The zero-order chi connectivity index (χ0) is 8.27. The Morgan fingerprint density at radius 3 is 3.00 bits per heavy atom. The van der Waals surface area contributed by atoms with E-state index in [2.05, 4.69) is 10.6 Å². The Labute approximate surface area is 66.5 Å². The summed E-state index contributed by atoms with van der Waals surface area (Å²) in [6.45, 7) is 2.54. The van der Waals surface area contributed by atoms with E-state index in [1.165, 1.54) is 0 Å². The molecule has 0 aliphatic carbocycles. The molecule has 2 atom stereocenters. The number of hydrogen-bond acceptors (Lipinski definition) is 2. The third-order valence-corrected chi connectivity index (χ3v) is 1.71. The molecular formula is C7H14N3O. The van der Waals surface area contributed by atoms with Gasteiger partial charge in [-0.2, -0.15) is 0 Å². The van der Waals surface area contributed by atoms with Crippen molar-refractivity contribution < 1.29 is 4.79 Å². The molecule has 1 saturated heterocycles. The second kappa shape index (κ2) is 3.69. The van der Waals surface area contributed by atoms with Gasteiger partial charge in [0.15, 0.2) is 0 Å². The van der Waals surface area contributed by atoms with Crippen LogP contribution < -0.4 is 16.4 Å². The maximum atomic E-state index is 11.0. The number of carbonyl (C=O) groups excluding carboxylic acids is 1. The molecule has 0 aromatic carbocycles. The minimum Gasteiger partial charge on any atom is -0.338 e. The lowest BCUT2D eigenvalue weighted by Crippen LogP contribution is -2.45. The number of rotatable bonds is 2. The highest BCUT2D eigenvalue weighted by Crippen LogP contribution is 2.03. The molecule has 0 aromatic rings. The molecule has 3 N–H and O–H groups in total. The molecule has 0 bridgehead atoms. The summed E-state index contributed by atoms with van der Waals surface area (Å²) in [5, 5.41) is 6.92. The van der Waals surface area contributed by atoms with Crippen molar-refractivity contribution in [2.24, 2.45) is 5.73 Å². The van der Waals surface area contributed by atoms with Crippen molar-refractivity contribution in [3.05, 3.63) is 0 Å². The monoisotopic (exact) mass is 156 g/mol. The Bertz CT molecular complexity index is 141. The lowest BCUT2D eigenvalue weighted by molar-refractivity contribution is -0.122. The molecule has 1 heterocycles. The Balaban J connectivity index is 2.24. The fraction of sp³-hybridized carbons (Fsp3) is 0.857. The predicted octanol–water partition coefficient (Wildman–Crippen LogP) is -0.826. The van der Waals surface area contributed by atoms with Gasteiger partial charge in [-0.1, -0.05) is 0 Å². The van der Waals surface area contributed by atoms with Crippen LogP contribution in [0, 0.1) is 0 Å². The van der Waals surface area contributed by atoms with E-state index in [9.17, 15) is 4.79 Å². The third kappa shape index (κ3) is 2.48. The van der Waals surface area contributed by atoms with E-state index in [4.69, 9.17) is 5.73 Å². The second-order valence-electron chi connectivity index (χ2n) is 2.86. The van der Waals surface area contributed by atoms with Crippen molar-refractivity contribution in [3.63, 3.8) is 0 Å². The fourth-order valence-electron chi connectivity index (χ4n) is 1.04. The zero-order valence-electron chi connectivity index (χ0n) is 6.71. The average molecular weight is 156 g/mol. The largest absolute Gasteiger partial charge is 0.338 e. The van der Waals surface area contributed by atoms with Gasteiger partial charge in [0.25, 0.3) is 0 Å². The molecule has 1 rings (SSSR count). The number of nitrogens with one attached hydrogen (secondary N) is 1. The topological polar surface area (TPSA) is 69.2 Å². The van der Waals surface area contributed by atoms with Crippen molar-refractivity contribution in [2.75, 3.05) is 6.54 Å². The zero-order valence-corrected chi connectivity index (χ0v) is 6.71. The maximum absolute atomic E-state index is 11.0. The SMILES string of the molecule is CC(N)C(=O)NC1CCC[N]1. The summed E-state index contributed by atoms with van der Waals surface area (Å²) in [5.41, 5.74) is 5.36. The number of nitrogens with two attached hydrogens (primary N) is 1. The highest BCUT2D eigenvalue weighted by atomic mass is 16.2. The number of nitrogens with zero attached hydrogens (tertiary/aromatic N) is 1. The molecule has 0 spiro atoms. The first-order valence-electron chi connectivity index (χ1n) is 3.92. The Morgan fingerprint density at radius 2 is 2.55 bits per heavy atom. The highest BCUT2D eigenvalue weighted by molar-refractivity contribution is 5.81. The van der Waals surface area contributed by atoms with Gasteiger partial charge in [-0.15, -0.1) is 0 Å². The van der Waals surface area contributed by atoms with Crippen molar-refractivity contribution in [2.45, 2.75) is 32.0 Å². The molecule has 1 aliphatic rings. The second-order valence-corrected chi connectivity index (χ2v) is 2.86. The number of amides is 1. The van der Waals surface area contributed by atoms with E-state index in [1.54, 1.807) is 6.92 Å². The van der Waals surface area contributed by atoms with Crippen LogP contribution in [0.2, 0.25) is 0 Å². The van der Waals surface area contributed by atoms with Gasteiger partial charge >= 0.3 is 0 Å². The van der Waals surface area contributed by atoms with Gasteiger partial charge in [-0.3, -0.25) is 4.79 Å². The van der Waals surface area contributed by atoms with Crippen LogP contribution in [0.3, 0.4) is 0 Å². The van der Waals surface area contributed by atoms with E-state index >= 15 is 0 Å². The summed E-state index contributed by atoms with van der Waals surface area (Å²) < 4.78 is 0. The van der Waals surface area contributed by atoms with Gasteiger partial charge in [-0.05, 0) is 19.8 Å². The molecule has 4 nitrogen and oxygen atoms in total. The maximum Gasteiger partial charge on any atom is 0.237 e. The van der Waals surface area contributed by atoms with E-state index < -0.39 is 6.04 Å². The van der Waals surface area contributed by atoms with E-state index in [-0.39, 0.29) is 12.1 Å².